The number of carbonyl (C=O) groups excluding carboxylic acids is 1. The third-order valence-corrected chi connectivity index (χ3v) is 2.56. The van der Waals surface area contributed by atoms with E-state index >= 15 is 0 Å². The van der Waals surface area contributed by atoms with E-state index in [1.165, 1.54) is 6.26 Å². The SMILES string of the molecule is COC1(C)CN(c2nc(C(N)=O)co2)C1. The number of nitrogens with two attached hydrogens (primary N) is 1. The number of nitrogens with zero attached hydrogens (tertiary/aromatic N) is 2. The first-order valence-electron chi connectivity index (χ1n) is 4.59. The summed E-state index contributed by atoms with van der Waals surface area (Å²) >= 11 is 0. The second kappa shape index (κ2) is 3.23. The Bertz CT molecular complexity index is 382. The van der Waals surface area contributed by atoms with Crippen molar-refractivity contribution in [1.82, 2.24) is 4.98 Å². The van der Waals surface area contributed by atoms with Crippen LogP contribution in [-0.2, 0) is 4.74 Å². The molecule has 6 nitrogen and oxygen atoms in total. The second-order valence-electron chi connectivity index (χ2n) is 3.89. The molecule has 0 unspecified atom stereocenters. The van der Waals surface area contributed by atoms with Gasteiger partial charge in [0.05, 0.1) is 13.1 Å². The standard InChI is InChI=1S/C9H13N3O3/c1-9(14-2)4-12(5-9)8-11-6(3-15-8)7(10)13/h3H,4-5H2,1-2H3,(H2,10,13). The molecule has 6 heteroatoms. The van der Waals surface area contributed by atoms with Crippen molar-refractivity contribution in [3.8, 4) is 0 Å². The molecule has 1 fully saturated rings. The van der Waals surface area contributed by atoms with Crippen LogP contribution in [0.15, 0.2) is 10.7 Å². The molecular formula is C9H13N3O3. The monoisotopic (exact) mass is 211 g/mol. The van der Waals surface area contributed by atoms with E-state index in [0.29, 0.717) is 19.1 Å². The first kappa shape index (κ1) is 9.97. The van der Waals surface area contributed by atoms with Crippen molar-refractivity contribution >= 4 is 11.9 Å². The molecule has 2 N–H and O–H groups in total. The highest BCUT2D eigenvalue weighted by Crippen LogP contribution is 2.28. The molecule has 0 bridgehead atoms. The Kier molecular flexibility index (Phi) is 2.15. The van der Waals surface area contributed by atoms with Gasteiger partial charge in [0.2, 0.25) is 0 Å². The maximum absolute atomic E-state index is 10.8. The molecule has 1 aromatic heterocycles. The zero-order valence-corrected chi connectivity index (χ0v) is 8.69. The van der Waals surface area contributed by atoms with E-state index in [1.54, 1.807) is 7.11 Å². The smallest absolute Gasteiger partial charge is 0.298 e. The third kappa shape index (κ3) is 1.68. The van der Waals surface area contributed by atoms with Gasteiger partial charge in [0.25, 0.3) is 11.9 Å². The number of rotatable bonds is 3. The van der Waals surface area contributed by atoms with Crippen LogP contribution in [0.2, 0.25) is 0 Å². The number of oxazole rings is 1. The van der Waals surface area contributed by atoms with Crippen molar-refractivity contribution < 1.29 is 13.9 Å². The molecule has 1 aliphatic rings. The lowest BCUT2D eigenvalue weighted by molar-refractivity contribution is -0.0190. The number of ether oxygens (including phenoxy) is 1. The normalized spacial score (nSPS) is 18.7. The lowest BCUT2D eigenvalue weighted by Gasteiger charge is -2.45. The van der Waals surface area contributed by atoms with Crippen molar-refractivity contribution in [2.24, 2.45) is 5.73 Å². The van der Waals surface area contributed by atoms with Gasteiger partial charge in [0.1, 0.15) is 11.9 Å². The molecule has 0 atom stereocenters. The molecule has 1 saturated heterocycles. The molecule has 0 saturated carbocycles. The Morgan fingerprint density at radius 1 is 1.73 bits per heavy atom. The fourth-order valence-corrected chi connectivity index (χ4v) is 1.55. The molecule has 82 valence electrons. The summed E-state index contributed by atoms with van der Waals surface area (Å²) in [5.41, 5.74) is 5.06. The van der Waals surface area contributed by atoms with Crippen LogP contribution in [0.25, 0.3) is 0 Å². The minimum atomic E-state index is -0.583. The number of aromatic nitrogens is 1. The summed E-state index contributed by atoms with van der Waals surface area (Å²) in [5.74, 6) is -0.583. The topological polar surface area (TPSA) is 81.6 Å². The van der Waals surface area contributed by atoms with E-state index in [0.717, 1.165) is 0 Å². The molecule has 0 aromatic carbocycles. The first-order chi connectivity index (χ1) is 7.04. The van der Waals surface area contributed by atoms with Crippen LogP contribution in [0.5, 0.6) is 0 Å². The van der Waals surface area contributed by atoms with E-state index in [1.807, 2.05) is 11.8 Å². The first-order valence-corrected chi connectivity index (χ1v) is 4.59. The minimum absolute atomic E-state index is 0.149. The average molecular weight is 211 g/mol. The van der Waals surface area contributed by atoms with Gasteiger partial charge in [0, 0.05) is 7.11 Å². The van der Waals surface area contributed by atoms with Gasteiger partial charge >= 0.3 is 0 Å². The number of methoxy groups -OCH3 is 1. The third-order valence-electron chi connectivity index (χ3n) is 2.56. The van der Waals surface area contributed by atoms with Gasteiger partial charge in [-0.25, -0.2) is 0 Å². The molecular weight excluding hydrogens is 198 g/mol. The zero-order valence-electron chi connectivity index (χ0n) is 8.69. The summed E-state index contributed by atoms with van der Waals surface area (Å²) in [4.78, 5) is 16.6. The summed E-state index contributed by atoms with van der Waals surface area (Å²) in [7, 11) is 1.67. The van der Waals surface area contributed by atoms with Gasteiger partial charge < -0.3 is 19.8 Å². The van der Waals surface area contributed by atoms with Gasteiger partial charge in [0.15, 0.2) is 5.69 Å². The highest BCUT2D eigenvalue weighted by atomic mass is 16.5. The summed E-state index contributed by atoms with van der Waals surface area (Å²) in [6, 6.07) is 0.415. The molecule has 0 aliphatic carbocycles. The fourth-order valence-electron chi connectivity index (χ4n) is 1.55. The van der Waals surface area contributed by atoms with Crippen LogP contribution < -0.4 is 10.6 Å². The molecule has 2 rings (SSSR count). The van der Waals surface area contributed by atoms with Crippen LogP contribution in [0.1, 0.15) is 17.4 Å². The number of hydrogen-bond acceptors (Lipinski definition) is 5. The van der Waals surface area contributed by atoms with Crippen LogP contribution >= 0.6 is 0 Å². The van der Waals surface area contributed by atoms with Gasteiger partial charge in [-0.2, -0.15) is 4.98 Å². The van der Waals surface area contributed by atoms with E-state index in [2.05, 4.69) is 4.98 Å². The zero-order chi connectivity index (χ0) is 11.1. The lowest BCUT2D eigenvalue weighted by atomic mass is 9.97. The van der Waals surface area contributed by atoms with Crippen molar-refractivity contribution in [2.75, 3.05) is 25.1 Å². The highest BCUT2D eigenvalue weighted by molar-refractivity contribution is 5.90. The average Bonchev–Trinajstić information content (AvgIpc) is 2.61. The predicted octanol–water partition coefficient (Wildman–Crippen LogP) is -0.00140. The van der Waals surface area contributed by atoms with Crippen molar-refractivity contribution in [2.45, 2.75) is 12.5 Å². The van der Waals surface area contributed by atoms with Crippen LogP contribution in [0.4, 0.5) is 6.01 Å². The van der Waals surface area contributed by atoms with Crippen molar-refractivity contribution in [3.05, 3.63) is 12.0 Å². The maximum atomic E-state index is 10.8. The molecule has 1 amide bonds. The van der Waals surface area contributed by atoms with E-state index in [9.17, 15) is 4.79 Å². The van der Waals surface area contributed by atoms with Gasteiger partial charge in [-0.15, -0.1) is 0 Å². The van der Waals surface area contributed by atoms with E-state index < -0.39 is 5.91 Å². The largest absolute Gasteiger partial charge is 0.431 e. The second-order valence-corrected chi connectivity index (χ2v) is 3.89. The Morgan fingerprint density at radius 2 is 2.40 bits per heavy atom. The van der Waals surface area contributed by atoms with Crippen molar-refractivity contribution in [3.63, 3.8) is 0 Å². The number of carbonyl (C=O) groups is 1. The quantitative estimate of drug-likeness (QED) is 0.760. The molecule has 2 heterocycles. The summed E-state index contributed by atoms with van der Waals surface area (Å²) in [6.07, 6.45) is 1.26. The fraction of sp³-hybridized carbons (Fsp3) is 0.556. The Morgan fingerprint density at radius 3 is 2.87 bits per heavy atom. The lowest BCUT2D eigenvalue weighted by Crippen LogP contribution is -2.61. The van der Waals surface area contributed by atoms with Gasteiger partial charge in [-0.3, -0.25) is 4.79 Å². The van der Waals surface area contributed by atoms with Crippen LogP contribution in [0, 0.1) is 0 Å². The van der Waals surface area contributed by atoms with Gasteiger partial charge in [-0.1, -0.05) is 0 Å². The highest BCUT2D eigenvalue weighted by Gasteiger charge is 2.41. The number of primary amides is 1. The van der Waals surface area contributed by atoms with Crippen LogP contribution in [-0.4, -0.2) is 36.7 Å². The van der Waals surface area contributed by atoms with E-state index in [4.69, 9.17) is 14.9 Å². The molecule has 0 spiro atoms. The molecule has 1 aliphatic heterocycles. The maximum Gasteiger partial charge on any atom is 0.298 e. The molecule has 0 radical (unpaired) electrons. The van der Waals surface area contributed by atoms with Gasteiger partial charge in [-0.05, 0) is 6.92 Å². The number of anilines is 1. The number of hydrogen-bond donors (Lipinski definition) is 1. The van der Waals surface area contributed by atoms with E-state index in [-0.39, 0.29) is 11.3 Å². The summed E-state index contributed by atoms with van der Waals surface area (Å²) in [6.45, 7) is 3.39. The summed E-state index contributed by atoms with van der Waals surface area (Å²) in [5, 5.41) is 0. The Labute approximate surface area is 87.0 Å². The van der Waals surface area contributed by atoms with Crippen LogP contribution in [0.3, 0.4) is 0 Å². The predicted molar refractivity (Wildman–Crippen MR) is 52.6 cm³/mol. The van der Waals surface area contributed by atoms with Crippen molar-refractivity contribution in [1.29, 1.82) is 0 Å². The molecule has 1 aromatic rings. The molecule has 15 heavy (non-hydrogen) atoms. The minimum Gasteiger partial charge on any atom is -0.431 e. The summed E-state index contributed by atoms with van der Waals surface area (Å²) < 4.78 is 10.4. The number of amides is 1. The Hall–Kier alpha value is -1.56. The Balaban J connectivity index is 2.04.